The van der Waals surface area contributed by atoms with Gasteiger partial charge in [-0.05, 0) is 25.3 Å². The Kier molecular flexibility index (Phi) is 6.65. The summed E-state index contributed by atoms with van der Waals surface area (Å²) < 4.78 is 0. The Bertz CT molecular complexity index is 554. The highest BCUT2D eigenvalue weighted by molar-refractivity contribution is 8.15. The van der Waals surface area contributed by atoms with Gasteiger partial charge in [-0.2, -0.15) is 5.10 Å². The highest BCUT2D eigenvalue weighted by atomic mass is 32.2. The number of thioether (sulfide) groups is 1. The van der Waals surface area contributed by atoms with E-state index in [2.05, 4.69) is 17.1 Å². The molecule has 1 heterocycles. The van der Waals surface area contributed by atoms with Gasteiger partial charge in [-0.3, -0.25) is 9.69 Å². The Balaban J connectivity index is 2.00. The predicted octanol–water partition coefficient (Wildman–Crippen LogP) is 4.07. The number of nitrogens with zero attached hydrogens (tertiary/aromatic N) is 3. The number of benzene rings is 1. The van der Waals surface area contributed by atoms with Crippen molar-refractivity contribution in [2.45, 2.75) is 46.1 Å². The molecule has 1 aliphatic heterocycles. The summed E-state index contributed by atoms with van der Waals surface area (Å²) in [7, 11) is 0. The standard InChI is InChI=1S/C17H23N3OS/c1-3-4-6-9-14(2)18-19-17-20(16(21)13-22-17)12-15-10-7-5-8-11-15/h5,7-8,10-11H,3-4,6,9,12-13H2,1-2H3/b18-14+,19-17+. The van der Waals surface area contributed by atoms with E-state index in [4.69, 9.17) is 0 Å². The molecule has 0 radical (unpaired) electrons. The van der Waals surface area contributed by atoms with Crippen LogP contribution < -0.4 is 0 Å². The minimum Gasteiger partial charge on any atom is -0.285 e. The van der Waals surface area contributed by atoms with Crippen LogP contribution in [0.3, 0.4) is 0 Å². The quantitative estimate of drug-likeness (QED) is 0.432. The van der Waals surface area contributed by atoms with Gasteiger partial charge in [0.2, 0.25) is 5.91 Å². The molecule has 5 heteroatoms. The molecule has 2 rings (SSSR count). The Hall–Kier alpha value is -1.62. The second-order valence-corrected chi connectivity index (χ2v) is 6.37. The molecule has 1 aromatic rings. The van der Waals surface area contributed by atoms with Gasteiger partial charge < -0.3 is 0 Å². The molecule has 0 spiro atoms. The number of carbonyl (C=O) groups is 1. The van der Waals surface area contributed by atoms with E-state index in [9.17, 15) is 4.79 Å². The van der Waals surface area contributed by atoms with Crippen LogP contribution in [0.25, 0.3) is 0 Å². The molecule has 0 N–H and O–H groups in total. The molecule has 0 unspecified atom stereocenters. The van der Waals surface area contributed by atoms with Gasteiger partial charge in [0.25, 0.3) is 0 Å². The van der Waals surface area contributed by atoms with Crippen LogP contribution in [0.4, 0.5) is 0 Å². The van der Waals surface area contributed by atoms with Crippen molar-refractivity contribution in [3.05, 3.63) is 35.9 Å². The molecule has 0 saturated carbocycles. The van der Waals surface area contributed by atoms with Crippen LogP contribution >= 0.6 is 11.8 Å². The Morgan fingerprint density at radius 3 is 2.77 bits per heavy atom. The maximum Gasteiger partial charge on any atom is 0.239 e. The molecule has 118 valence electrons. The minimum atomic E-state index is 0.103. The Labute approximate surface area is 136 Å². The Morgan fingerprint density at radius 2 is 2.05 bits per heavy atom. The van der Waals surface area contributed by atoms with E-state index in [0.29, 0.717) is 17.5 Å². The predicted molar refractivity (Wildman–Crippen MR) is 94.1 cm³/mol. The molecule has 0 bridgehead atoms. The van der Waals surface area contributed by atoms with E-state index in [1.807, 2.05) is 37.3 Å². The monoisotopic (exact) mass is 317 g/mol. The lowest BCUT2D eigenvalue weighted by molar-refractivity contribution is -0.124. The fraction of sp³-hybridized carbons (Fsp3) is 0.471. The largest absolute Gasteiger partial charge is 0.285 e. The summed E-state index contributed by atoms with van der Waals surface area (Å²) in [6, 6.07) is 9.98. The van der Waals surface area contributed by atoms with E-state index < -0.39 is 0 Å². The summed E-state index contributed by atoms with van der Waals surface area (Å²) in [5, 5.41) is 9.31. The second-order valence-electron chi connectivity index (χ2n) is 5.43. The van der Waals surface area contributed by atoms with Gasteiger partial charge in [-0.25, -0.2) is 0 Å². The molecular formula is C17H23N3OS. The maximum atomic E-state index is 12.0. The van der Waals surface area contributed by atoms with Crippen LogP contribution in [0.1, 0.15) is 45.1 Å². The average Bonchev–Trinajstić information content (AvgIpc) is 2.87. The van der Waals surface area contributed by atoms with Gasteiger partial charge in [-0.1, -0.05) is 61.9 Å². The molecule has 0 atom stereocenters. The van der Waals surface area contributed by atoms with Crippen LogP contribution in [0.5, 0.6) is 0 Å². The third-order valence-electron chi connectivity index (χ3n) is 3.49. The molecule has 0 aromatic heterocycles. The maximum absolute atomic E-state index is 12.0. The first kappa shape index (κ1) is 16.7. The van der Waals surface area contributed by atoms with Crippen LogP contribution in [-0.2, 0) is 11.3 Å². The molecule has 0 aliphatic carbocycles. The zero-order valence-electron chi connectivity index (χ0n) is 13.3. The van der Waals surface area contributed by atoms with E-state index in [-0.39, 0.29) is 5.91 Å². The number of amides is 1. The number of carbonyl (C=O) groups excluding carboxylic acids is 1. The summed E-state index contributed by atoms with van der Waals surface area (Å²) in [4.78, 5) is 13.7. The van der Waals surface area contributed by atoms with Gasteiger partial charge >= 0.3 is 0 Å². The number of hydrogen-bond donors (Lipinski definition) is 0. The number of amidine groups is 1. The summed E-state index contributed by atoms with van der Waals surface area (Å²) in [5.41, 5.74) is 2.13. The fourth-order valence-corrected chi connectivity index (χ4v) is 3.03. The first-order valence-corrected chi connectivity index (χ1v) is 8.77. The van der Waals surface area contributed by atoms with Crippen LogP contribution in [0.2, 0.25) is 0 Å². The van der Waals surface area contributed by atoms with Crippen molar-refractivity contribution in [3.8, 4) is 0 Å². The highest BCUT2D eigenvalue weighted by Gasteiger charge is 2.28. The molecule has 1 fully saturated rings. The van der Waals surface area contributed by atoms with Gasteiger partial charge in [0.05, 0.1) is 12.3 Å². The van der Waals surface area contributed by atoms with E-state index >= 15 is 0 Å². The minimum absolute atomic E-state index is 0.103. The lowest BCUT2D eigenvalue weighted by atomic mass is 10.1. The highest BCUT2D eigenvalue weighted by Crippen LogP contribution is 2.22. The fourth-order valence-electron chi connectivity index (χ4n) is 2.20. The second kappa shape index (κ2) is 8.73. The van der Waals surface area contributed by atoms with Crippen molar-refractivity contribution < 1.29 is 4.79 Å². The molecule has 1 aromatic carbocycles. The third kappa shape index (κ3) is 4.98. The molecule has 1 aliphatic rings. The average molecular weight is 317 g/mol. The van der Waals surface area contributed by atoms with Crippen molar-refractivity contribution in [1.29, 1.82) is 0 Å². The van der Waals surface area contributed by atoms with Gasteiger partial charge in [0.15, 0.2) is 5.17 Å². The summed E-state index contributed by atoms with van der Waals surface area (Å²) >= 11 is 1.47. The Morgan fingerprint density at radius 1 is 1.27 bits per heavy atom. The number of hydrogen-bond acceptors (Lipinski definition) is 4. The van der Waals surface area contributed by atoms with Crippen LogP contribution in [-0.4, -0.2) is 27.4 Å². The lowest BCUT2D eigenvalue weighted by Crippen LogP contribution is -2.28. The first-order valence-electron chi connectivity index (χ1n) is 7.79. The number of unbranched alkanes of at least 4 members (excludes halogenated alkanes) is 2. The van der Waals surface area contributed by atoms with E-state index in [0.717, 1.165) is 24.1 Å². The third-order valence-corrected chi connectivity index (χ3v) is 4.44. The zero-order chi connectivity index (χ0) is 15.8. The van der Waals surface area contributed by atoms with Gasteiger partial charge in [0.1, 0.15) is 0 Å². The van der Waals surface area contributed by atoms with Crippen molar-refractivity contribution in [3.63, 3.8) is 0 Å². The van der Waals surface area contributed by atoms with Crippen LogP contribution in [0, 0.1) is 0 Å². The van der Waals surface area contributed by atoms with Crippen LogP contribution in [0.15, 0.2) is 40.5 Å². The molecular weight excluding hydrogens is 294 g/mol. The summed E-state index contributed by atoms with van der Waals surface area (Å²) in [5.74, 6) is 0.558. The SMILES string of the molecule is CCCCC/C(C)=N/N=C1/SCC(=O)N1Cc1ccccc1. The van der Waals surface area contributed by atoms with Crippen molar-refractivity contribution in [1.82, 2.24) is 4.90 Å². The summed E-state index contributed by atoms with van der Waals surface area (Å²) in [6.45, 7) is 4.76. The lowest BCUT2D eigenvalue weighted by Gasteiger charge is -2.15. The first-order chi connectivity index (χ1) is 10.7. The normalized spacial score (nSPS) is 17.5. The molecule has 1 amide bonds. The van der Waals surface area contributed by atoms with Gasteiger partial charge in [-0.15, -0.1) is 5.10 Å². The van der Waals surface area contributed by atoms with Crippen molar-refractivity contribution in [2.24, 2.45) is 10.2 Å². The smallest absolute Gasteiger partial charge is 0.239 e. The number of rotatable bonds is 7. The summed E-state index contributed by atoms with van der Waals surface area (Å²) in [6.07, 6.45) is 4.55. The van der Waals surface area contributed by atoms with Crippen molar-refractivity contribution >= 4 is 28.5 Å². The molecule has 4 nitrogen and oxygen atoms in total. The molecule has 22 heavy (non-hydrogen) atoms. The van der Waals surface area contributed by atoms with E-state index in [1.165, 1.54) is 24.6 Å². The van der Waals surface area contributed by atoms with Crippen molar-refractivity contribution in [2.75, 3.05) is 5.75 Å². The zero-order valence-corrected chi connectivity index (χ0v) is 14.1. The topological polar surface area (TPSA) is 45.0 Å². The van der Waals surface area contributed by atoms with E-state index in [1.54, 1.807) is 4.90 Å². The molecule has 1 saturated heterocycles. The van der Waals surface area contributed by atoms with Gasteiger partial charge in [0, 0.05) is 5.71 Å².